The molecule has 4 nitrogen and oxygen atoms in total. The Bertz CT molecular complexity index is 377. The molecule has 0 saturated heterocycles. The number of rotatable bonds is 2. The van der Waals surface area contributed by atoms with Crippen molar-refractivity contribution in [2.75, 3.05) is 7.05 Å². The number of aromatic nitrogens is 2. The molecule has 0 radical (unpaired) electrons. The molecule has 68 valence electrons. The van der Waals surface area contributed by atoms with Crippen LogP contribution in [0.3, 0.4) is 0 Å². The third-order valence-electron chi connectivity index (χ3n) is 1.98. The average molecular weight is 177 g/mol. The predicted octanol–water partition coefficient (Wildman–Crippen LogP) is 1.50. The van der Waals surface area contributed by atoms with Crippen LogP contribution < -0.4 is 5.32 Å². The molecule has 13 heavy (non-hydrogen) atoms. The van der Waals surface area contributed by atoms with Crippen LogP contribution in [-0.2, 0) is 0 Å². The lowest BCUT2D eigenvalue weighted by molar-refractivity contribution is 0.456. The smallest absolute Gasteiger partial charge is 0.213 e. The van der Waals surface area contributed by atoms with Crippen molar-refractivity contribution < 1.29 is 4.42 Å². The highest BCUT2D eigenvalue weighted by molar-refractivity contribution is 5.66. The molecule has 1 unspecified atom stereocenters. The van der Waals surface area contributed by atoms with Gasteiger partial charge in [0.1, 0.15) is 0 Å². The first-order valence-electron chi connectivity index (χ1n) is 4.20. The molecule has 2 heterocycles. The Kier molecular flexibility index (Phi) is 1.98. The molecule has 0 amide bonds. The molecule has 0 saturated carbocycles. The maximum absolute atomic E-state index is 5.48. The van der Waals surface area contributed by atoms with Crippen molar-refractivity contribution in [2.24, 2.45) is 0 Å². The number of pyridine rings is 1. The highest BCUT2D eigenvalue weighted by Crippen LogP contribution is 2.17. The summed E-state index contributed by atoms with van der Waals surface area (Å²) in [6.45, 7) is 1.99. The standard InChI is InChI=1S/C9H11N3O/c1-6(10-2)9-12-8-7(13-9)4-3-5-11-8/h3-6,10H,1-2H3. The molecule has 1 atom stereocenters. The fourth-order valence-electron chi connectivity index (χ4n) is 1.09. The molecule has 1 N–H and O–H groups in total. The van der Waals surface area contributed by atoms with Crippen molar-refractivity contribution in [3.05, 3.63) is 24.2 Å². The minimum atomic E-state index is 0.120. The Morgan fingerprint density at radius 1 is 1.54 bits per heavy atom. The molecule has 2 aromatic heterocycles. The second kappa shape index (κ2) is 3.14. The zero-order valence-electron chi connectivity index (χ0n) is 7.61. The van der Waals surface area contributed by atoms with Crippen molar-refractivity contribution in [1.82, 2.24) is 15.3 Å². The van der Waals surface area contributed by atoms with Crippen molar-refractivity contribution >= 4 is 11.2 Å². The summed E-state index contributed by atoms with van der Waals surface area (Å²) in [7, 11) is 1.87. The lowest BCUT2D eigenvalue weighted by Gasteiger charge is -2.02. The van der Waals surface area contributed by atoms with Crippen molar-refractivity contribution in [1.29, 1.82) is 0 Å². The van der Waals surface area contributed by atoms with Gasteiger partial charge < -0.3 is 9.73 Å². The topological polar surface area (TPSA) is 51.0 Å². The van der Waals surface area contributed by atoms with Gasteiger partial charge in [0.2, 0.25) is 5.89 Å². The van der Waals surface area contributed by atoms with Crippen LogP contribution in [0.5, 0.6) is 0 Å². The van der Waals surface area contributed by atoms with Crippen LogP contribution in [-0.4, -0.2) is 17.0 Å². The molecule has 0 fully saturated rings. The lowest BCUT2D eigenvalue weighted by atomic mass is 10.3. The third-order valence-corrected chi connectivity index (χ3v) is 1.98. The average Bonchev–Trinajstić information content (AvgIpc) is 2.59. The van der Waals surface area contributed by atoms with Gasteiger partial charge in [-0.25, -0.2) is 4.98 Å². The molecule has 2 rings (SSSR count). The van der Waals surface area contributed by atoms with Gasteiger partial charge in [-0.2, -0.15) is 4.98 Å². The first-order chi connectivity index (χ1) is 6.31. The predicted molar refractivity (Wildman–Crippen MR) is 49.3 cm³/mol. The number of oxazole rings is 1. The highest BCUT2D eigenvalue weighted by atomic mass is 16.3. The van der Waals surface area contributed by atoms with Gasteiger partial charge in [-0.3, -0.25) is 0 Å². The summed E-state index contributed by atoms with van der Waals surface area (Å²) < 4.78 is 5.48. The minimum Gasteiger partial charge on any atom is -0.437 e. The summed E-state index contributed by atoms with van der Waals surface area (Å²) in [4.78, 5) is 8.33. The fraction of sp³-hybridized carbons (Fsp3) is 0.333. The summed E-state index contributed by atoms with van der Waals surface area (Å²) in [5.74, 6) is 0.677. The van der Waals surface area contributed by atoms with Crippen LogP contribution in [0.2, 0.25) is 0 Å². The molecule has 0 aliphatic rings. The van der Waals surface area contributed by atoms with Crippen molar-refractivity contribution in [3.63, 3.8) is 0 Å². The Balaban J connectivity index is 2.49. The van der Waals surface area contributed by atoms with Crippen LogP contribution in [0.25, 0.3) is 11.2 Å². The van der Waals surface area contributed by atoms with Gasteiger partial charge in [0.05, 0.1) is 6.04 Å². The monoisotopic (exact) mass is 177 g/mol. The van der Waals surface area contributed by atoms with Crippen LogP contribution in [0.4, 0.5) is 0 Å². The summed E-state index contributed by atoms with van der Waals surface area (Å²) in [6, 6.07) is 3.82. The third kappa shape index (κ3) is 1.40. The first-order valence-corrected chi connectivity index (χ1v) is 4.20. The van der Waals surface area contributed by atoms with E-state index in [2.05, 4.69) is 15.3 Å². The maximum Gasteiger partial charge on any atom is 0.213 e. The van der Waals surface area contributed by atoms with Gasteiger partial charge in [-0.05, 0) is 26.1 Å². The zero-order chi connectivity index (χ0) is 9.26. The van der Waals surface area contributed by atoms with Crippen LogP contribution in [0.1, 0.15) is 18.9 Å². The Morgan fingerprint density at radius 3 is 3.08 bits per heavy atom. The summed E-state index contributed by atoms with van der Waals surface area (Å²) in [5.41, 5.74) is 1.40. The van der Waals surface area contributed by atoms with Gasteiger partial charge in [-0.1, -0.05) is 0 Å². The minimum absolute atomic E-state index is 0.120. The lowest BCUT2D eigenvalue weighted by Crippen LogP contribution is -2.12. The van der Waals surface area contributed by atoms with Gasteiger partial charge in [0, 0.05) is 6.20 Å². The van der Waals surface area contributed by atoms with Gasteiger partial charge >= 0.3 is 0 Å². The van der Waals surface area contributed by atoms with E-state index in [4.69, 9.17) is 4.42 Å². The molecule has 4 heteroatoms. The summed E-state index contributed by atoms with van der Waals surface area (Å²) in [6.07, 6.45) is 1.71. The zero-order valence-corrected chi connectivity index (χ0v) is 7.61. The largest absolute Gasteiger partial charge is 0.437 e. The van der Waals surface area contributed by atoms with Crippen molar-refractivity contribution in [3.8, 4) is 0 Å². The van der Waals surface area contributed by atoms with Gasteiger partial charge in [-0.15, -0.1) is 0 Å². The Morgan fingerprint density at radius 2 is 2.38 bits per heavy atom. The quantitative estimate of drug-likeness (QED) is 0.755. The summed E-state index contributed by atoms with van der Waals surface area (Å²) in [5, 5.41) is 3.06. The summed E-state index contributed by atoms with van der Waals surface area (Å²) >= 11 is 0. The fourth-order valence-corrected chi connectivity index (χ4v) is 1.09. The van der Waals surface area contributed by atoms with E-state index in [1.165, 1.54) is 0 Å². The second-order valence-corrected chi connectivity index (χ2v) is 2.89. The van der Waals surface area contributed by atoms with Gasteiger partial charge in [0.25, 0.3) is 0 Å². The van der Waals surface area contributed by atoms with Crippen LogP contribution in [0.15, 0.2) is 22.7 Å². The van der Waals surface area contributed by atoms with E-state index in [9.17, 15) is 0 Å². The van der Waals surface area contributed by atoms with E-state index in [1.54, 1.807) is 6.20 Å². The number of fused-ring (bicyclic) bond motifs is 1. The van der Waals surface area contributed by atoms with E-state index in [0.717, 1.165) is 5.58 Å². The van der Waals surface area contributed by atoms with E-state index in [1.807, 2.05) is 26.1 Å². The van der Waals surface area contributed by atoms with Gasteiger partial charge in [0.15, 0.2) is 11.2 Å². The number of nitrogens with one attached hydrogen (secondary N) is 1. The molecule has 0 bridgehead atoms. The SMILES string of the molecule is CNC(C)c1nc2ncccc2o1. The van der Waals surface area contributed by atoms with Crippen LogP contribution >= 0.6 is 0 Å². The number of nitrogens with zero attached hydrogens (tertiary/aromatic N) is 2. The van der Waals surface area contributed by atoms with E-state index < -0.39 is 0 Å². The number of hydrogen-bond acceptors (Lipinski definition) is 4. The Hall–Kier alpha value is -1.42. The Labute approximate surface area is 76.0 Å². The molecule has 0 aliphatic heterocycles. The molecule has 2 aromatic rings. The van der Waals surface area contributed by atoms with E-state index in [-0.39, 0.29) is 6.04 Å². The molecule has 0 spiro atoms. The second-order valence-electron chi connectivity index (χ2n) is 2.89. The van der Waals surface area contributed by atoms with Crippen LogP contribution in [0, 0.1) is 0 Å². The molecule has 0 aliphatic carbocycles. The highest BCUT2D eigenvalue weighted by Gasteiger charge is 2.10. The van der Waals surface area contributed by atoms with E-state index >= 15 is 0 Å². The molecular weight excluding hydrogens is 166 g/mol. The van der Waals surface area contributed by atoms with E-state index in [0.29, 0.717) is 11.5 Å². The van der Waals surface area contributed by atoms with Crippen molar-refractivity contribution in [2.45, 2.75) is 13.0 Å². The normalized spacial score (nSPS) is 13.4. The molecule has 0 aromatic carbocycles. The number of hydrogen-bond donors (Lipinski definition) is 1. The molecular formula is C9H11N3O. The maximum atomic E-state index is 5.48. The first kappa shape index (κ1) is 8.19.